The number of hydrogen-bond donors (Lipinski definition) is 1. The molecule has 0 saturated heterocycles. The number of halogens is 6. The molecule has 4 aromatic rings. The summed E-state index contributed by atoms with van der Waals surface area (Å²) >= 11 is 12.3. The fourth-order valence-corrected chi connectivity index (χ4v) is 3.47. The lowest BCUT2D eigenvalue weighted by Crippen LogP contribution is -2.07. The van der Waals surface area contributed by atoms with Gasteiger partial charge >= 0.3 is 6.18 Å². The number of ether oxygens (including phenoxy) is 2. The molecule has 0 atom stereocenters. The summed E-state index contributed by atoms with van der Waals surface area (Å²) in [5.74, 6) is 0.499. The summed E-state index contributed by atoms with van der Waals surface area (Å²) in [6.07, 6.45) is -2.52. The van der Waals surface area contributed by atoms with Crippen molar-refractivity contribution in [3.8, 4) is 34.1 Å². The fourth-order valence-electron chi connectivity index (χ4n) is 3.02. The summed E-state index contributed by atoms with van der Waals surface area (Å²) in [4.78, 5) is 14.7. The van der Waals surface area contributed by atoms with Gasteiger partial charge in [0, 0.05) is 29.6 Å². The summed E-state index contributed by atoms with van der Waals surface area (Å²) < 4.78 is 62.5. The molecule has 176 valence electrons. The molecule has 0 unspecified atom stereocenters. The molecule has 1 N–H and O–H groups in total. The zero-order valence-electron chi connectivity index (χ0n) is 17.3. The molecule has 0 aliphatic rings. The number of benzene rings is 1. The number of pyridine rings is 2. The maximum absolute atomic E-state index is 13.1. The van der Waals surface area contributed by atoms with Gasteiger partial charge in [-0.2, -0.15) is 17.6 Å². The molecule has 0 spiro atoms. The van der Waals surface area contributed by atoms with Crippen LogP contribution >= 0.6 is 23.2 Å². The van der Waals surface area contributed by atoms with E-state index in [0.717, 1.165) is 6.07 Å². The Morgan fingerprint density at radius 2 is 1.82 bits per heavy atom. The van der Waals surface area contributed by atoms with Crippen molar-refractivity contribution >= 4 is 23.2 Å². The number of methoxy groups -OCH3 is 1. The third kappa shape index (κ3) is 5.07. The number of nitrogens with one attached hydrogen (secondary N) is 1. The van der Waals surface area contributed by atoms with Gasteiger partial charge < -0.3 is 14.5 Å². The van der Waals surface area contributed by atoms with Crippen molar-refractivity contribution in [2.75, 3.05) is 7.11 Å². The average molecular weight is 513 g/mol. The number of rotatable bonds is 6. The molecule has 1 aromatic carbocycles. The number of alkyl halides is 3. The summed E-state index contributed by atoms with van der Waals surface area (Å²) in [5.41, 5.74) is 0.666. The molecule has 3 aromatic heterocycles. The normalized spacial score (nSPS) is 11.5. The van der Waals surface area contributed by atoms with Crippen LogP contribution in [0.1, 0.15) is 11.3 Å². The van der Waals surface area contributed by atoms with Crippen molar-refractivity contribution in [3.05, 3.63) is 76.2 Å². The van der Waals surface area contributed by atoms with Crippen molar-refractivity contribution in [2.24, 2.45) is 0 Å². The van der Waals surface area contributed by atoms with E-state index in [1.54, 1.807) is 18.2 Å². The van der Waals surface area contributed by atoms with Crippen molar-refractivity contribution in [2.45, 2.75) is 12.8 Å². The molecular formula is C22H14Cl2F4N4O2. The molecule has 0 amide bonds. The Morgan fingerprint density at radius 3 is 2.47 bits per heavy atom. The lowest BCUT2D eigenvalue weighted by Gasteiger charge is -2.12. The van der Waals surface area contributed by atoms with Crippen molar-refractivity contribution < 1.29 is 27.0 Å². The van der Waals surface area contributed by atoms with Gasteiger partial charge in [0.15, 0.2) is 0 Å². The molecule has 6 nitrogen and oxygen atoms in total. The first-order valence-corrected chi connectivity index (χ1v) is 10.3. The Hall–Kier alpha value is -3.37. The van der Waals surface area contributed by atoms with Crippen LogP contribution in [-0.4, -0.2) is 27.0 Å². The Morgan fingerprint density at radius 1 is 1.03 bits per heavy atom. The topological polar surface area (TPSA) is 72.9 Å². The molecule has 0 saturated carbocycles. The highest BCUT2D eigenvalue weighted by molar-refractivity contribution is 6.32. The van der Waals surface area contributed by atoms with Crippen LogP contribution in [0.25, 0.3) is 22.6 Å². The Kier molecular flexibility index (Phi) is 6.63. The predicted octanol–water partition coefficient (Wildman–Crippen LogP) is 6.59. The largest absolute Gasteiger partial charge is 0.496 e. The SMILES string of the molecule is COc1cc(OCc2ncc(C(F)(F)F)cc2Cl)ccc1-c1nc(-c2ccc(F)nc2)[nH]c1Cl. The van der Waals surface area contributed by atoms with Crippen LogP contribution in [0.4, 0.5) is 17.6 Å². The van der Waals surface area contributed by atoms with Gasteiger partial charge in [-0.15, -0.1) is 0 Å². The Labute approximate surface area is 200 Å². The molecule has 3 heterocycles. The van der Waals surface area contributed by atoms with E-state index in [2.05, 4.69) is 19.9 Å². The lowest BCUT2D eigenvalue weighted by molar-refractivity contribution is -0.137. The highest BCUT2D eigenvalue weighted by atomic mass is 35.5. The highest BCUT2D eigenvalue weighted by Gasteiger charge is 2.31. The second kappa shape index (κ2) is 9.47. The first-order valence-electron chi connectivity index (χ1n) is 9.56. The van der Waals surface area contributed by atoms with Crippen molar-refractivity contribution in [1.82, 2.24) is 19.9 Å². The third-order valence-corrected chi connectivity index (χ3v) is 5.31. The molecule has 12 heteroatoms. The molecule has 34 heavy (non-hydrogen) atoms. The molecular weight excluding hydrogens is 499 g/mol. The first kappa shape index (κ1) is 23.8. The fraction of sp³-hybridized carbons (Fsp3) is 0.136. The lowest BCUT2D eigenvalue weighted by atomic mass is 10.1. The maximum atomic E-state index is 13.1. The van der Waals surface area contributed by atoms with Crippen molar-refractivity contribution in [3.63, 3.8) is 0 Å². The summed E-state index contributed by atoms with van der Waals surface area (Å²) in [6.45, 7) is -0.162. The van der Waals surface area contributed by atoms with Gasteiger partial charge in [-0.05, 0) is 30.3 Å². The molecule has 0 aliphatic carbocycles. The molecule has 4 rings (SSSR count). The molecule has 0 fully saturated rings. The van der Waals surface area contributed by atoms with E-state index in [1.807, 2.05) is 0 Å². The predicted molar refractivity (Wildman–Crippen MR) is 117 cm³/mol. The van der Waals surface area contributed by atoms with E-state index in [9.17, 15) is 17.6 Å². The smallest absolute Gasteiger partial charge is 0.417 e. The quantitative estimate of drug-likeness (QED) is 0.233. The second-order valence-electron chi connectivity index (χ2n) is 6.92. The average Bonchev–Trinajstić information content (AvgIpc) is 3.19. The van der Waals surface area contributed by atoms with Crippen LogP contribution < -0.4 is 9.47 Å². The minimum absolute atomic E-state index is 0.144. The zero-order valence-corrected chi connectivity index (χ0v) is 18.8. The standard InChI is InChI=1S/C22H14Cl2F4N4O2/c1-33-17-7-13(34-10-16-15(23)6-12(9-29-16)22(26,27)28)3-4-14(17)19-20(24)32-21(31-19)11-2-5-18(25)30-8-11/h2-9H,10H2,1H3,(H,31,32). The Bertz CT molecular complexity index is 1330. The van der Waals surface area contributed by atoms with E-state index in [0.29, 0.717) is 40.3 Å². The first-order chi connectivity index (χ1) is 16.2. The van der Waals surface area contributed by atoms with Gasteiger partial charge in [0.05, 0.1) is 23.4 Å². The van der Waals surface area contributed by atoms with Gasteiger partial charge in [-0.25, -0.2) is 9.97 Å². The number of H-pyrrole nitrogens is 1. The van der Waals surface area contributed by atoms with Gasteiger partial charge in [-0.1, -0.05) is 23.2 Å². The van der Waals surface area contributed by atoms with Crippen molar-refractivity contribution in [1.29, 1.82) is 0 Å². The second-order valence-corrected chi connectivity index (χ2v) is 7.70. The Balaban J connectivity index is 1.55. The zero-order chi connectivity index (χ0) is 24.5. The van der Waals surface area contributed by atoms with Gasteiger partial charge in [0.25, 0.3) is 0 Å². The van der Waals surface area contributed by atoms with Crippen LogP contribution in [0.2, 0.25) is 10.2 Å². The van der Waals surface area contributed by atoms with Crippen LogP contribution in [0, 0.1) is 5.95 Å². The van der Waals surface area contributed by atoms with Gasteiger partial charge in [0.2, 0.25) is 5.95 Å². The number of imidazole rings is 1. The molecule has 0 aliphatic heterocycles. The van der Waals surface area contributed by atoms with E-state index in [4.69, 9.17) is 32.7 Å². The maximum Gasteiger partial charge on any atom is 0.417 e. The van der Waals surface area contributed by atoms with Gasteiger partial charge in [0.1, 0.15) is 34.8 Å². The number of nitrogens with zero attached hydrogens (tertiary/aromatic N) is 3. The minimum Gasteiger partial charge on any atom is -0.496 e. The van der Waals surface area contributed by atoms with E-state index in [1.165, 1.54) is 25.4 Å². The van der Waals surface area contributed by atoms with E-state index >= 15 is 0 Å². The van der Waals surface area contributed by atoms with Crippen LogP contribution in [0.3, 0.4) is 0 Å². The van der Waals surface area contributed by atoms with Gasteiger partial charge in [-0.3, -0.25) is 4.98 Å². The van der Waals surface area contributed by atoms with Crippen LogP contribution in [0.15, 0.2) is 48.8 Å². The van der Waals surface area contributed by atoms with E-state index < -0.39 is 17.7 Å². The van der Waals surface area contributed by atoms with Crippen LogP contribution in [0.5, 0.6) is 11.5 Å². The minimum atomic E-state index is -4.54. The molecule has 0 bridgehead atoms. The number of hydrogen-bond acceptors (Lipinski definition) is 5. The van der Waals surface area contributed by atoms with E-state index in [-0.39, 0.29) is 22.5 Å². The summed E-state index contributed by atoms with van der Waals surface area (Å²) in [5, 5.41) is 0.0663. The highest BCUT2D eigenvalue weighted by Crippen LogP contribution is 2.37. The number of aromatic amines is 1. The monoisotopic (exact) mass is 512 g/mol. The van der Waals surface area contributed by atoms with Crippen LogP contribution in [-0.2, 0) is 12.8 Å². The third-order valence-electron chi connectivity index (χ3n) is 4.71. The number of aromatic nitrogens is 4. The molecule has 0 radical (unpaired) electrons. The summed E-state index contributed by atoms with van der Waals surface area (Å²) in [6, 6.07) is 8.35. The summed E-state index contributed by atoms with van der Waals surface area (Å²) in [7, 11) is 1.45.